The first-order valence-electron chi connectivity index (χ1n) is 10.8. The Bertz CT molecular complexity index is 768. The Kier molecular flexibility index (Phi) is 7.03. The Morgan fingerprint density at radius 1 is 1.13 bits per heavy atom. The molecule has 31 heavy (non-hydrogen) atoms. The summed E-state index contributed by atoms with van der Waals surface area (Å²) in [6, 6.07) is 9.84. The number of ether oxygens (including phenoxy) is 6. The Morgan fingerprint density at radius 2 is 1.90 bits per heavy atom. The highest BCUT2D eigenvalue weighted by Gasteiger charge is 2.66. The van der Waals surface area contributed by atoms with E-state index in [4.69, 9.17) is 28.4 Å². The molecular formula is C23H30O8. The lowest BCUT2D eigenvalue weighted by Crippen LogP contribution is -2.55. The van der Waals surface area contributed by atoms with Gasteiger partial charge in [-0.3, -0.25) is 9.59 Å². The summed E-state index contributed by atoms with van der Waals surface area (Å²) in [5, 5.41) is 0. The average Bonchev–Trinajstić information content (AvgIpc) is 3.30. The molecule has 3 aliphatic rings. The van der Waals surface area contributed by atoms with Crippen LogP contribution in [0.4, 0.5) is 0 Å². The first kappa shape index (κ1) is 22.4. The molecule has 6 atom stereocenters. The Labute approximate surface area is 182 Å². The molecular weight excluding hydrogens is 404 g/mol. The number of fused-ring (bicyclic) bond motifs is 2. The van der Waals surface area contributed by atoms with E-state index in [1.807, 2.05) is 30.3 Å². The van der Waals surface area contributed by atoms with Crippen molar-refractivity contribution in [2.24, 2.45) is 0 Å². The monoisotopic (exact) mass is 434 g/mol. The third-order valence-electron chi connectivity index (χ3n) is 6.22. The van der Waals surface area contributed by atoms with Gasteiger partial charge in [-0.2, -0.15) is 0 Å². The lowest BCUT2D eigenvalue weighted by Gasteiger charge is -2.37. The summed E-state index contributed by atoms with van der Waals surface area (Å²) in [6.07, 6.45) is 0.783. The molecule has 3 fully saturated rings. The van der Waals surface area contributed by atoms with Gasteiger partial charge in [-0.25, -0.2) is 0 Å². The van der Waals surface area contributed by atoms with Crippen molar-refractivity contribution in [3.8, 4) is 0 Å². The van der Waals surface area contributed by atoms with Gasteiger partial charge in [0.1, 0.15) is 18.3 Å². The number of benzene rings is 1. The molecule has 1 aromatic rings. The van der Waals surface area contributed by atoms with E-state index in [9.17, 15) is 9.59 Å². The number of esters is 1. The zero-order valence-electron chi connectivity index (χ0n) is 18.0. The van der Waals surface area contributed by atoms with Crippen molar-refractivity contribution in [3.05, 3.63) is 35.9 Å². The van der Waals surface area contributed by atoms with E-state index in [1.54, 1.807) is 0 Å². The highest BCUT2D eigenvalue weighted by molar-refractivity contribution is 5.93. The van der Waals surface area contributed by atoms with Gasteiger partial charge in [0.05, 0.1) is 39.0 Å². The fraction of sp³-hybridized carbons (Fsp3) is 0.652. The van der Waals surface area contributed by atoms with Crippen molar-refractivity contribution in [2.45, 2.75) is 75.0 Å². The molecule has 3 heterocycles. The Hall–Kier alpha value is -1.84. The lowest BCUT2D eigenvalue weighted by atomic mass is 9.91. The van der Waals surface area contributed by atoms with Crippen molar-refractivity contribution in [1.82, 2.24) is 0 Å². The number of methoxy groups -OCH3 is 2. The van der Waals surface area contributed by atoms with Crippen LogP contribution in [0.15, 0.2) is 30.3 Å². The molecule has 0 radical (unpaired) electrons. The van der Waals surface area contributed by atoms with E-state index in [-0.39, 0.29) is 36.8 Å². The molecule has 2 bridgehead atoms. The second kappa shape index (κ2) is 9.75. The number of hydrogen-bond acceptors (Lipinski definition) is 8. The molecule has 8 nitrogen and oxygen atoms in total. The average molecular weight is 434 g/mol. The Balaban J connectivity index is 1.37. The maximum absolute atomic E-state index is 12.9. The van der Waals surface area contributed by atoms with E-state index >= 15 is 0 Å². The fourth-order valence-corrected chi connectivity index (χ4v) is 4.65. The quantitative estimate of drug-likeness (QED) is 0.432. The fourth-order valence-electron chi connectivity index (χ4n) is 4.65. The summed E-state index contributed by atoms with van der Waals surface area (Å²) < 4.78 is 34.4. The van der Waals surface area contributed by atoms with Gasteiger partial charge in [0, 0.05) is 13.5 Å². The normalized spacial score (nSPS) is 34.8. The minimum absolute atomic E-state index is 0.205. The van der Waals surface area contributed by atoms with Crippen molar-refractivity contribution in [3.63, 3.8) is 0 Å². The van der Waals surface area contributed by atoms with Gasteiger partial charge >= 0.3 is 5.97 Å². The molecule has 3 saturated heterocycles. The van der Waals surface area contributed by atoms with Crippen LogP contribution in [0.2, 0.25) is 0 Å². The summed E-state index contributed by atoms with van der Waals surface area (Å²) in [4.78, 5) is 24.6. The number of rotatable bonds is 9. The maximum atomic E-state index is 12.9. The summed E-state index contributed by atoms with van der Waals surface area (Å²) in [6.45, 7) is 0.764. The molecule has 3 aliphatic heterocycles. The summed E-state index contributed by atoms with van der Waals surface area (Å²) in [5.41, 5.74) is 1.06. The van der Waals surface area contributed by atoms with Crippen LogP contribution in [0.25, 0.3) is 0 Å². The largest absolute Gasteiger partial charge is 0.469 e. The molecule has 0 saturated carbocycles. The minimum atomic E-state index is -1.37. The van der Waals surface area contributed by atoms with Gasteiger partial charge in [0.2, 0.25) is 11.6 Å². The van der Waals surface area contributed by atoms with Gasteiger partial charge in [0.15, 0.2) is 0 Å². The highest BCUT2D eigenvalue weighted by Crippen LogP contribution is 2.46. The SMILES string of the molecule is COC(=O)C[C@H]1CCC[C@@H]([C@@H]2O[C@@]3(CCOCc4ccccc4)O[C@@H]2[C@@H](OC)C3=O)O1. The van der Waals surface area contributed by atoms with Gasteiger partial charge < -0.3 is 28.4 Å². The molecule has 0 aliphatic carbocycles. The number of hydrogen-bond donors (Lipinski definition) is 0. The predicted molar refractivity (Wildman–Crippen MR) is 108 cm³/mol. The zero-order chi connectivity index (χ0) is 21.8. The van der Waals surface area contributed by atoms with E-state index in [0.717, 1.165) is 24.8 Å². The van der Waals surface area contributed by atoms with Crippen LogP contribution in [-0.2, 0) is 44.6 Å². The van der Waals surface area contributed by atoms with Crippen LogP contribution in [0.5, 0.6) is 0 Å². The molecule has 0 N–H and O–H groups in total. The van der Waals surface area contributed by atoms with Gasteiger partial charge in [0.25, 0.3) is 0 Å². The van der Waals surface area contributed by atoms with E-state index in [0.29, 0.717) is 13.2 Å². The molecule has 0 spiro atoms. The lowest BCUT2D eigenvalue weighted by molar-refractivity contribution is -0.204. The van der Waals surface area contributed by atoms with Crippen LogP contribution in [0.3, 0.4) is 0 Å². The minimum Gasteiger partial charge on any atom is -0.469 e. The van der Waals surface area contributed by atoms with Crippen LogP contribution in [-0.4, -0.2) is 68.9 Å². The highest BCUT2D eigenvalue weighted by atomic mass is 16.8. The van der Waals surface area contributed by atoms with Crippen LogP contribution in [0.1, 0.15) is 37.7 Å². The summed E-state index contributed by atoms with van der Waals surface area (Å²) in [5.74, 6) is -1.88. The number of ketones is 1. The topological polar surface area (TPSA) is 89.5 Å². The number of carbonyl (C=O) groups is 2. The molecule has 1 aromatic carbocycles. The van der Waals surface area contributed by atoms with Crippen molar-refractivity contribution < 1.29 is 38.0 Å². The van der Waals surface area contributed by atoms with E-state index in [2.05, 4.69) is 0 Å². The molecule has 0 amide bonds. The summed E-state index contributed by atoms with van der Waals surface area (Å²) >= 11 is 0. The maximum Gasteiger partial charge on any atom is 0.308 e. The second-order valence-corrected chi connectivity index (χ2v) is 8.23. The van der Waals surface area contributed by atoms with E-state index < -0.39 is 24.1 Å². The number of carbonyl (C=O) groups excluding carboxylic acids is 2. The van der Waals surface area contributed by atoms with Crippen molar-refractivity contribution in [2.75, 3.05) is 20.8 Å². The molecule has 0 aromatic heterocycles. The van der Waals surface area contributed by atoms with Crippen molar-refractivity contribution >= 4 is 11.8 Å². The van der Waals surface area contributed by atoms with Crippen LogP contribution < -0.4 is 0 Å². The standard InChI is InChI=1S/C23H30O8/c1-26-18(24)13-16-9-6-10-17(29-16)19-20-21(27-2)22(25)23(30-19,31-20)11-12-28-14-15-7-4-3-5-8-15/h3-5,7-8,16-17,19-21H,6,9-14H2,1-2H3/t16-,17+,19+,20+,21-,23+/m1/s1. The van der Waals surface area contributed by atoms with Gasteiger partial charge in [-0.15, -0.1) is 0 Å². The molecule has 0 unspecified atom stereocenters. The Morgan fingerprint density at radius 3 is 2.65 bits per heavy atom. The molecule has 8 heteroatoms. The van der Waals surface area contributed by atoms with E-state index in [1.165, 1.54) is 14.2 Å². The zero-order valence-corrected chi connectivity index (χ0v) is 18.0. The smallest absolute Gasteiger partial charge is 0.308 e. The summed E-state index contributed by atoms with van der Waals surface area (Å²) in [7, 11) is 2.87. The third kappa shape index (κ3) is 4.68. The molecule has 4 rings (SSSR count). The van der Waals surface area contributed by atoms with Gasteiger partial charge in [-0.1, -0.05) is 30.3 Å². The number of Topliss-reactive ketones (excluding diaryl/α,β-unsaturated/α-hetero) is 1. The first-order chi connectivity index (χ1) is 15.1. The molecule has 170 valence electrons. The first-order valence-corrected chi connectivity index (χ1v) is 10.8. The third-order valence-corrected chi connectivity index (χ3v) is 6.22. The van der Waals surface area contributed by atoms with Gasteiger partial charge in [-0.05, 0) is 24.8 Å². The van der Waals surface area contributed by atoms with Crippen LogP contribution in [0, 0.1) is 0 Å². The van der Waals surface area contributed by atoms with Crippen LogP contribution >= 0.6 is 0 Å². The predicted octanol–water partition coefficient (Wildman–Crippen LogP) is 2.17. The van der Waals surface area contributed by atoms with Crippen molar-refractivity contribution in [1.29, 1.82) is 0 Å². The second-order valence-electron chi connectivity index (χ2n) is 8.23.